The monoisotopic (exact) mass is 432 g/mol. The van der Waals surface area contributed by atoms with Crippen LogP contribution in [0.15, 0.2) is 60.7 Å². The van der Waals surface area contributed by atoms with Gasteiger partial charge in [-0.15, -0.1) is 0 Å². The van der Waals surface area contributed by atoms with E-state index in [4.69, 9.17) is 21.1 Å². The summed E-state index contributed by atoms with van der Waals surface area (Å²) in [5.74, 6) is 0.406. The normalized spacial score (nSPS) is 10.8. The summed E-state index contributed by atoms with van der Waals surface area (Å²) < 4.78 is 24.8. The van der Waals surface area contributed by atoms with Crippen LogP contribution in [0.5, 0.6) is 11.5 Å². The average molecular weight is 433 g/mol. The molecule has 0 saturated carbocycles. The molecule has 0 unspecified atom stereocenters. The second-order valence-electron chi connectivity index (χ2n) is 6.50. The Hall–Kier alpha value is -3.80. The van der Waals surface area contributed by atoms with Gasteiger partial charge in [-0.1, -0.05) is 41.9 Å². The maximum absolute atomic E-state index is 13.2. The molecule has 3 rings (SSSR count). The van der Waals surface area contributed by atoms with E-state index < -0.39 is 0 Å². The van der Waals surface area contributed by atoms with Gasteiger partial charge in [-0.25, -0.2) is 4.39 Å². The summed E-state index contributed by atoms with van der Waals surface area (Å²) in [5, 5.41) is 19.1. The van der Waals surface area contributed by atoms with Crippen LogP contribution in [0.1, 0.15) is 29.2 Å². The minimum absolute atomic E-state index is 0.151. The molecule has 0 atom stereocenters. The second kappa shape index (κ2) is 10.3. The van der Waals surface area contributed by atoms with Crippen LogP contribution >= 0.6 is 11.6 Å². The molecule has 4 nitrogen and oxygen atoms in total. The summed E-state index contributed by atoms with van der Waals surface area (Å²) in [5.41, 5.74) is 2.84. The summed E-state index contributed by atoms with van der Waals surface area (Å²) in [4.78, 5) is 0. The zero-order valence-electron chi connectivity index (χ0n) is 16.7. The van der Waals surface area contributed by atoms with Crippen LogP contribution in [0.3, 0.4) is 0 Å². The predicted molar refractivity (Wildman–Crippen MR) is 118 cm³/mol. The Morgan fingerprint density at radius 1 is 1.06 bits per heavy atom. The number of nitriles is 2. The molecule has 0 spiro atoms. The van der Waals surface area contributed by atoms with E-state index in [9.17, 15) is 14.9 Å². The average Bonchev–Trinajstić information content (AvgIpc) is 2.78. The molecule has 0 bridgehead atoms. The second-order valence-corrected chi connectivity index (χ2v) is 6.90. The van der Waals surface area contributed by atoms with Crippen LogP contribution in [-0.2, 0) is 6.61 Å². The highest BCUT2D eigenvalue weighted by Gasteiger charge is 2.14. The van der Waals surface area contributed by atoms with E-state index in [0.717, 1.165) is 5.56 Å². The van der Waals surface area contributed by atoms with Crippen LogP contribution in [0.2, 0.25) is 5.02 Å². The maximum atomic E-state index is 13.2. The number of benzene rings is 3. The van der Waals surface area contributed by atoms with Gasteiger partial charge in [0.15, 0.2) is 11.5 Å². The number of hydrogen-bond donors (Lipinski definition) is 0. The summed E-state index contributed by atoms with van der Waals surface area (Å²) in [6.07, 6.45) is 1.65. The van der Waals surface area contributed by atoms with E-state index in [-0.39, 0.29) is 12.4 Å². The first-order chi connectivity index (χ1) is 15.0. The van der Waals surface area contributed by atoms with Crippen molar-refractivity contribution in [1.82, 2.24) is 0 Å². The van der Waals surface area contributed by atoms with Crippen molar-refractivity contribution in [3.8, 4) is 23.6 Å². The molecule has 0 amide bonds. The first kappa shape index (κ1) is 21.9. The minimum atomic E-state index is -0.373. The van der Waals surface area contributed by atoms with E-state index in [1.54, 1.807) is 42.5 Å². The Kier molecular flexibility index (Phi) is 7.27. The lowest BCUT2D eigenvalue weighted by Crippen LogP contribution is -2.02. The van der Waals surface area contributed by atoms with E-state index in [0.29, 0.717) is 45.4 Å². The number of rotatable bonds is 7. The predicted octanol–water partition coefficient (Wildman–Crippen LogP) is 6.39. The number of ether oxygens (including phenoxy) is 2. The van der Waals surface area contributed by atoms with E-state index in [1.807, 2.05) is 19.1 Å². The van der Waals surface area contributed by atoms with Crippen molar-refractivity contribution in [2.45, 2.75) is 13.5 Å². The van der Waals surface area contributed by atoms with Crippen LogP contribution in [0.4, 0.5) is 4.39 Å². The van der Waals surface area contributed by atoms with Crippen molar-refractivity contribution < 1.29 is 13.9 Å². The van der Waals surface area contributed by atoms with Gasteiger partial charge >= 0.3 is 0 Å². The Morgan fingerprint density at radius 2 is 1.81 bits per heavy atom. The molecule has 0 aromatic heterocycles. The molecule has 154 valence electrons. The zero-order valence-corrected chi connectivity index (χ0v) is 17.5. The Morgan fingerprint density at radius 3 is 2.48 bits per heavy atom. The Balaban J connectivity index is 1.94. The molecule has 3 aromatic carbocycles. The maximum Gasteiger partial charge on any atom is 0.180 e. The Bertz CT molecular complexity index is 1190. The molecule has 0 aliphatic heterocycles. The molecule has 0 aliphatic rings. The van der Waals surface area contributed by atoms with Gasteiger partial charge in [-0.3, -0.25) is 0 Å². The third-order valence-corrected chi connectivity index (χ3v) is 4.71. The molecular formula is C25H18ClFN2O2. The van der Waals surface area contributed by atoms with E-state index in [2.05, 4.69) is 12.1 Å². The van der Waals surface area contributed by atoms with E-state index >= 15 is 0 Å². The van der Waals surface area contributed by atoms with Crippen molar-refractivity contribution in [2.75, 3.05) is 6.61 Å². The van der Waals surface area contributed by atoms with Crippen molar-refractivity contribution in [1.29, 1.82) is 10.5 Å². The van der Waals surface area contributed by atoms with Crippen LogP contribution in [-0.4, -0.2) is 6.61 Å². The van der Waals surface area contributed by atoms with Crippen LogP contribution in [0, 0.1) is 28.5 Å². The lowest BCUT2D eigenvalue weighted by Gasteiger charge is -2.15. The van der Waals surface area contributed by atoms with Gasteiger partial charge in [0.1, 0.15) is 12.4 Å². The van der Waals surface area contributed by atoms with Gasteiger partial charge in [0.2, 0.25) is 0 Å². The van der Waals surface area contributed by atoms with Crippen molar-refractivity contribution in [3.63, 3.8) is 0 Å². The summed E-state index contributed by atoms with van der Waals surface area (Å²) in [6.45, 7) is 2.37. The standard InChI is InChI=1S/C25H18ClFN2O2/c1-2-30-24-13-17(11-21(15-29)18-7-9-22(27)10-8-18)12-23(26)25(24)31-16-20-6-4-3-5-19(20)14-28/h3-13H,2,16H2,1H3. The molecule has 0 radical (unpaired) electrons. The van der Waals surface area contributed by atoms with Crippen molar-refractivity contribution in [2.24, 2.45) is 0 Å². The van der Waals surface area contributed by atoms with Gasteiger partial charge in [-0.05, 0) is 54.5 Å². The zero-order chi connectivity index (χ0) is 22.2. The topological polar surface area (TPSA) is 66.0 Å². The number of hydrogen-bond acceptors (Lipinski definition) is 4. The van der Waals surface area contributed by atoms with Gasteiger partial charge in [0.05, 0.1) is 34.9 Å². The van der Waals surface area contributed by atoms with Gasteiger partial charge in [0, 0.05) is 5.56 Å². The first-order valence-corrected chi connectivity index (χ1v) is 9.88. The molecule has 0 aliphatic carbocycles. The quantitative estimate of drug-likeness (QED) is 0.320. The van der Waals surface area contributed by atoms with Crippen LogP contribution in [0.25, 0.3) is 11.6 Å². The third-order valence-electron chi connectivity index (χ3n) is 4.43. The highest BCUT2D eigenvalue weighted by molar-refractivity contribution is 6.32. The molecule has 0 fully saturated rings. The molecule has 0 heterocycles. The summed E-state index contributed by atoms with van der Waals surface area (Å²) in [7, 11) is 0. The summed E-state index contributed by atoms with van der Waals surface area (Å²) in [6, 6.07) is 20.5. The fraction of sp³-hybridized carbons (Fsp3) is 0.120. The molecule has 3 aromatic rings. The lowest BCUT2D eigenvalue weighted by molar-refractivity contribution is 0.269. The van der Waals surface area contributed by atoms with Gasteiger partial charge in [-0.2, -0.15) is 10.5 Å². The van der Waals surface area contributed by atoms with Crippen LogP contribution < -0.4 is 9.47 Å². The molecule has 31 heavy (non-hydrogen) atoms. The lowest BCUT2D eigenvalue weighted by atomic mass is 10.0. The highest BCUT2D eigenvalue weighted by Crippen LogP contribution is 2.38. The largest absolute Gasteiger partial charge is 0.490 e. The first-order valence-electron chi connectivity index (χ1n) is 9.50. The number of nitrogens with zero attached hydrogens (tertiary/aromatic N) is 2. The smallest absolute Gasteiger partial charge is 0.180 e. The van der Waals surface area contributed by atoms with E-state index in [1.165, 1.54) is 12.1 Å². The molecule has 0 saturated heterocycles. The van der Waals surface area contributed by atoms with Crippen molar-refractivity contribution in [3.05, 3.63) is 93.8 Å². The van der Waals surface area contributed by atoms with Crippen molar-refractivity contribution >= 4 is 23.3 Å². The minimum Gasteiger partial charge on any atom is -0.490 e. The number of allylic oxidation sites excluding steroid dienone is 1. The summed E-state index contributed by atoms with van der Waals surface area (Å²) >= 11 is 6.47. The molecule has 0 N–H and O–H groups in total. The molecule has 6 heteroatoms. The fourth-order valence-corrected chi connectivity index (χ4v) is 3.23. The van der Waals surface area contributed by atoms with Gasteiger partial charge < -0.3 is 9.47 Å². The third kappa shape index (κ3) is 5.42. The fourth-order valence-electron chi connectivity index (χ4n) is 2.96. The highest BCUT2D eigenvalue weighted by atomic mass is 35.5. The van der Waals surface area contributed by atoms with Gasteiger partial charge in [0.25, 0.3) is 0 Å². The number of halogens is 2. The SMILES string of the molecule is CCOc1cc(C=C(C#N)c2ccc(F)cc2)cc(Cl)c1OCc1ccccc1C#N. The Labute approximate surface area is 185 Å². The molecular weight excluding hydrogens is 415 g/mol.